The number of rotatable bonds is 1. The molecule has 0 atom stereocenters. The third-order valence-corrected chi connectivity index (χ3v) is 4.89. The minimum Gasteiger partial charge on any atom is -0.312 e. The topological polar surface area (TPSA) is 12.5 Å². The minimum absolute atomic E-state index is 0.542. The van der Waals surface area contributed by atoms with Crippen LogP contribution in [0, 0.1) is 5.41 Å². The number of halogens is 1. The first-order valence-corrected chi connectivity index (χ1v) is 6.58. The molecule has 2 nitrogen and oxygen atoms in total. The summed E-state index contributed by atoms with van der Waals surface area (Å²) in [5, 5.41) is 0. The predicted molar refractivity (Wildman–Crippen MR) is 66.5 cm³/mol. The number of hydrogen-bond acceptors (Lipinski definition) is 2. The van der Waals surface area contributed by atoms with E-state index >= 15 is 0 Å². The monoisotopic (exact) mass is 309 g/mol. The van der Waals surface area contributed by atoms with E-state index in [4.69, 9.17) is 3.07 Å². The van der Waals surface area contributed by atoms with Crippen molar-refractivity contribution in [2.45, 2.75) is 44.6 Å². The number of nitrogens with zero attached hydrogens (tertiary/aromatic N) is 1. The molecule has 0 unspecified atom stereocenters. The molecule has 1 aliphatic carbocycles. The number of hydrogen-bond donors (Lipinski definition) is 0. The Hall–Kier alpha value is 0.650. The van der Waals surface area contributed by atoms with Gasteiger partial charge in [-0.05, 0) is 64.1 Å². The molecular weight excluding hydrogens is 289 g/mol. The zero-order valence-electron chi connectivity index (χ0n) is 8.97. The van der Waals surface area contributed by atoms with Crippen molar-refractivity contribution < 1.29 is 3.07 Å². The molecule has 0 aromatic heterocycles. The fourth-order valence-electron chi connectivity index (χ4n) is 2.89. The molecule has 1 spiro atoms. The van der Waals surface area contributed by atoms with Gasteiger partial charge in [-0.2, -0.15) is 0 Å². The van der Waals surface area contributed by atoms with Gasteiger partial charge in [0.1, 0.15) is 23.0 Å². The van der Waals surface area contributed by atoms with Crippen molar-refractivity contribution in [2.24, 2.45) is 5.41 Å². The lowest BCUT2D eigenvalue weighted by atomic mass is 9.67. The molecule has 1 saturated carbocycles. The fourth-order valence-corrected chi connectivity index (χ4v) is 3.39. The Balaban J connectivity index is 1.86. The molecule has 1 saturated heterocycles. The molecule has 2 aliphatic rings. The van der Waals surface area contributed by atoms with Gasteiger partial charge in [0.2, 0.25) is 0 Å². The number of likely N-dealkylation sites (tertiary alicyclic amines) is 1. The van der Waals surface area contributed by atoms with E-state index in [1.807, 2.05) is 0 Å². The second-order valence-corrected chi connectivity index (χ2v) is 5.60. The fraction of sp³-hybridized carbons (Fsp3) is 1.00. The highest BCUT2D eigenvalue weighted by Crippen LogP contribution is 2.45. The summed E-state index contributed by atoms with van der Waals surface area (Å²) in [6.45, 7) is 2.60. The lowest BCUT2D eigenvalue weighted by Gasteiger charge is -2.44. The second kappa shape index (κ2) is 4.66. The van der Waals surface area contributed by atoms with Crippen LogP contribution in [-0.4, -0.2) is 31.1 Å². The summed E-state index contributed by atoms with van der Waals surface area (Å²) >= 11 is 2.06. The normalized spacial score (nSPS) is 29.6. The van der Waals surface area contributed by atoms with Gasteiger partial charge < -0.3 is 7.97 Å². The first-order valence-electron chi connectivity index (χ1n) is 5.70. The summed E-state index contributed by atoms with van der Waals surface area (Å²) in [5.74, 6) is 0. The van der Waals surface area contributed by atoms with Gasteiger partial charge in [0.05, 0.1) is 6.10 Å². The van der Waals surface area contributed by atoms with E-state index in [-0.39, 0.29) is 0 Å². The molecule has 14 heavy (non-hydrogen) atoms. The highest BCUT2D eigenvalue weighted by atomic mass is 127. The van der Waals surface area contributed by atoms with Crippen LogP contribution in [0.15, 0.2) is 0 Å². The third kappa shape index (κ3) is 2.42. The standard InChI is InChI=1S/C11H20INO/c1-13-8-6-11(7-9-13)4-2-10(14-12)3-5-11/h10H,2-9H2,1H3. The van der Waals surface area contributed by atoms with Gasteiger partial charge >= 0.3 is 0 Å². The number of piperidine rings is 1. The van der Waals surface area contributed by atoms with Gasteiger partial charge in [-0.3, -0.25) is 0 Å². The second-order valence-electron chi connectivity index (χ2n) is 5.09. The molecule has 1 aliphatic heterocycles. The van der Waals surface area contributed by atoms with E-state index < -0.39 is 0 Å². The molecule has 0 amide bonds. The van der Waals surface area contributed by atoms with Crippen molar-refractivity contribution in [1.29, 1.82) is 0 Å². The maximum Gasteiger partial charge on any atom is 0.110 e. The van der Waals surface area contributed by atoms with E-state index in [9.17, 15) is 0 Å². The molecule has 0 N–H and O–H groups in total. The quantitative estimate of drug-likeness (QED) is 0.691. The van der Waals surface area contributed by atoms with Crippen molar-refractivity contribution in [2.75, 3.05) is 20.1 Å². The molecule has 3 heteroatoms. The largest absolute Gasteiger partial charge is 0.312 e. The first kappa shape index (κ1) is 11.1. The van der Waals surface area contributed by atoms with Crippen LogP contribution in [0.5, 0.6) is 0 Å². The van der Waals surface area contributed by atoms with E-state index in [0.717, 1.165) is 0 Å². The molecule has 82 valence electrons. The smallest absolute Gasteiger partial charge is 0.110 e. The molecule has 0 aromatic rings. The van der Waals surface area contributed by atoms with E-state index in [1.54, 1.807) is 0 Å². The van der Waals surface area contributed by atoms with Gasteiger partial charge in [0, 0.05) is 0 Å². The highest BCUT2D eigenvalue weighted by molar-refractivity contribution is 14.1. The molecule has 0 bridgehead atoms. The van der Waals surface area contributed by atoms with Crippen molar-refractivity contribution in [3.8, 4) is 0 Å². The van der Waals surface area contributed by atoms with E-state index in [0.29, 0.717) is 11.5 Å². The first-order chi connectivity index (χ1) is 6.74. The molecule has 0 aromatic carbocycles. The van der Waals surface area contributed by atoms with E-state index in [1.165, 1.54) is 51.6 Å². The minimum atomic E-state index is 0.542. The summed E-state index contributed by atoms with van der Waals surface area (Å²) in [5.41, 5.74) is 0.693. The van der Waals surface area contributed by atoms with Crippen LogP contribution in [0.2, 0.25) is 0 Å². The Morgan fingerprint density at radius 3 is 2.21 bits per heavy atom. The van der Waals surface area contributed by atoms with E-state index in [2.05, 4.69) is 35.0 Å². The van der Waals surface area contributed by atoms with Crippen molar-refractivity contribution in [1.82, 2.24) is 4.90 Å². The van der Waals surface area contributed by atoms with Crippen LogP contribution in [-0.2, 0) is 3.07 Å². The third-order valence-electron chi connectivity index (χ3n) is 4.17. The molecule has 0 radical (unpaired) electrons. The Labute approximate surface area is 101 Å². The van der Waals surface area contributed by atoms with Crippen LogP contribution in [0.1, 0.15) is 38.5 Å². The average Bonchev–Trinajstić information content (AvgIpc) is 2.24. The summed E-state index contributed by atoms with van der Waals surface area (Å²) in [7, 11) is 2.24. The summed E-state index contributed by atoms with van der Waals surface area (Å²) in [6, 6.07) is 0. The van der Waals surface area contributed by atoms with Crippen LogP contribution in [0.3, 0.4) is 0 Å². The summed E-state index contributed by atoms with van der Waals surface area (Å²) in [6.07, 6.45) is 8.73. The highest BCUT2D eigenvalue weighted by Gasteiger charge is 2.37. The van der Waals surface area contributed by atoms with Crippen molar-refractivity contribution in [3.05, 3.63) is 0 Å². The molecule has 1 heterocycles. The lowest BCUT2D eigenvalue weighted by Crippen LogP contribution is -2.40. The molecule has 2 fully saturated rings. The zero-order chi connectivity index (χ0) is 10.0. The molecule has 2 rings (SSSR count). The van der Waals surface area contributed by atoms with Crippen molar-refractivity contribution >= 4 is 23.0 Å². The lowest BCUT2D eigenvalue weighted by molar-refractivity contribution is 0.0460. The van der Waals surface area contributed by atoms with Crippen LogP contribution >= 0.6 is 23.0 Å². The molecular formula is C11H20INO. The van der Waals surface area contributed by atoms with Crippen LogP contribution in [0.4, 0.5) is 0 Å². The maximum atomic E-state index is 5.41. The van der Waals surface area contributed by atoms with Crippen molar-refractivity contribution in [3.63, 3.8) is 0 Å². The Morgan fingerprint density at radius 2 is 1.71 bits per heavy atom. The zero-order valence-corrected chi connectivity index (χ0v) is 11.1. The Bertz CT molecular complexity index is 180. The van der Waals surface area contributed by atoms with Gasteiger partial charge in [-0.1, -0.05) is 0 Å². The SMILES string of the molecule is CN1CCC2(CCC(OI)CC2)CC1. The van der Waals surface area contributed by atoms with Crippen LogP contribution < -0.4 is 0 Å². The predicted octanol–water partition coefficient (Wildman–Crippen LogP) is 3.01. The Kier molecular flexibility index (Phi) is 3.71. The van der Waals surface area contributed by atoms with Gasteiger partial charge in [0.25, 0.3) is 0 Å². The summed E-state index contributed by atoms with van der Waals surface area (Å²) < 4.78 is 5.41. The van der Waals surface area contributed by atoms with Crippen LogP contribution in [0.25, 0.3) is 0 Å². The average molecular weight is 309 g/mol. The Morgan fingerprint density at radius 1 is 1.14 bits per heavy atom. The van der Waals surface area contributed by atoms with Gasteiger partial charge in [-0.15, -0.1) is 0 Å². The maximum absolute atomic E-state index is 5.41. The van der Waals surface area contributed by atoms with Gasteiger partial charge in [0.15, 0.2) is 0 Å². The van der Waals surface area contributed by atoms with Gasteiger partial charge in [-0.25, -0.2) is 0 Å². The summed E-state index contributed by atoms with van der Waals surface area (Å²) in [4.78, 5) is 2.46.